The van der Waals surface area contributed by atoms with E-state index in [1.807, 2.05) is 68.4 Å². The van der Waals surface area contributed by atoms with E-state index in [0.717, 1.165) is 11.1 Å². The molecule has 3 aromatic carbocycles. The summed E-state index contributed by atoms with van der Waals surface area (Å²) in [4.78, 5) is 28.7. The van der Waals surface area contributed by atoms with E-state index in [2.05, 4.69) is 5.32 Å². The van der Waals surface area contributed by atoms with E-state index in [0.29, 0.717) is 32.8 Å². The third-order valence-corrected chi connectivity index (χ3v) is 7.58. The van der Waals surface area contributed by atoms with Gasteiger partial charge in [0, 0.05) is 45.4 Å². The monoisotopic (exact) mass is 562 g/mol. The van der Waals surface area contributed by atoms with Gasteiger partial charge < -0.3 is 10.2 Å². The third kappa shape index (κ3) is 8.17. The topological polar surface area (TPSA) is 49.4 Å². The van der Waals surface area contributed by atoms with Gasteiger partial charge in [-0.05, 0) is 43.2 Å². The second-order valence-corrected chi connectivity index (χ2v) is 10.9. The van der Waals surface area contributed by atoms with E-state index in [4.69, 9.17) is 34.8 Å². The standard InChI is InChI=1S/C28H29Cl3N2O2S/c1-19(2)32-28(35)26(15-20-9-4-3-5-10-20)33(16-22-24(30)13-8-14-25(22)31)27(34)18-36-17-21-11-6-7-12-23(21)29/h3-14,19,26H,15-18H2,1-2H3,(H,32,35)/t26-/m0/s1. The van der Waals surface area contributed by atoms with Crippen molar-refractivity contribution in [3.05, 3.63) is 105 Å². The first-order chi connectivity index (χ1) is 17.3. The Kier molecular flexibility index (Phi) is 11.0. The first-order valence-corrected chi connectivity index (χ1v) is 13.9. The molecule has 3 aromatic rings. The highest BCUT2D eigenvalue weighted by molar-refractivity contribution is 7.99. The molecule has 8 heteroatoms. The molecule has 2 amide bonds. The minimum absolute atomic E-state index is 0.0776. The van der Waals surface area contributed by atoms with Gasteiger partial charge in [0.1, 0.15) is 6.04 Å². The number of carbonyl (C=O) groups is 2. The van der Waals surface area contributed by atoms with E-state index in [9.17, 15) is 9.59 Å². The quantitative estimate of drug-likeness (QED) is 0.272. The number of rotatable bonds is 11. The summed E-state index contributed by atoms with van der Waals surface area (Å²) in [5, 5.41) is 4.54. The minimum Gasteiger partial charge on any atom is -0.352 e. The molecule has 1 atom stereocenters. The van der Waals surface area contributed by atoms with Crippen molar-refractivity contribution in [2.75, 3.05) is 5.75 Å². The molecule has 4 nitrogen and oxygen atoms in total. The summed E-state index contributed by atoms with van der Waals surface area (Å²) in [6.45, 7) is 3.91. The average molecular weight is 564 g/mol. The molecule has 0 heterocycles. The summed E-state index contributed by atoms with van der Waals surface area (Å²) in [6.07, 6.45) is 0.363. The van der Waals surface area contributed by atoms with Crippen LogP contribution in [0.1, 0.15) is 30.5 Å². The van der Waals surface area contributed by atoms with Crippen LogP contribution < -0.4 is 5.32 Å². The Hall–Kier alpha value is -2.18. The second-order valence-electron chi connectivity index (χ2n) is 8.67. The molecule has 0 aliphatic heterocycles. The number of nitrogens with zero attached hydrogens (tertiary/aromatic N) is 1. The Morgan fingerprint density at radius 1 is 0.861 bits per heavy atom. The lowest BCUT2D eigenvalue weighted by Gasteiger charge is -2.32. The van der Waals surface area contributed by atoms with Crippen molar-refractivity contribution in [2.24, 2.45) is 0 Å². The average Bonchev–Trinajstić information content (AvgIpc) is 2.84. The number of nitrogens with one attached hydrogen (secondary N) is 1. The number of halogens is 3. The van der Waals surface area contributed by atoms with Gasteiger partial charge in [0.15, 0.2) is 0 Å². The molecule has 0 saturated heterocycles. The summed E-state index contributed by atoms with van der Waals surface area (Å²) in [7, 11) is 0. The molecule has 3 rings (SSSR count). The molecule has 0 bridgehead atoms. The lowest BCUT2D eigenvalue weighted by Crippen LogP contribution is -2.52. The number of carbonyl (C=O) groups excluding carboxylic acids is 2. The largest absolute Gasteiger partial charge is 0.352 e. The molecule has 0 spiro atoms. The van der Waals surface area contributed by atoms with Gasteiger partial charge in [-0.1, -0.05) is 89.4 Å². The number of benzene rings is 3. The van der Waals surface area contributed by atoms with Gasteiger partial charge in [-0.25, -0.2) is 0 Å². The maximum atomic E-state index is 13.7. The Balaban J connectivity index is 1.90. The van der Waals surface area contributed by atoms with Gasteiger partial charge in [-0.15, -0.1) is 11.8 Å². The Morgan fingerprint density at radius 2 is 1.47 bits per heavy atom. The Morgan fingerprint density at radius 3 is 2.11 bits per heavy atom. The summed E-state index contributed by atoms with van der Waals surface area (Å²) in [6, 6.07) is 21.6. The molecule has 0 unspecified atom stereocenters. The van der Waals surface area contributed by atoms with Gasteiger partial charge in [0.2, 0.25) is 11.8 Å². The summed E-state index contributed by atoms with van der Waals surface area (Å²) < 4.78 is 0. The zero-order valence-corrected chi connectivity index (χ0v) is 23.3. The van der Waals surface area contributed by atoms with E-state index in [-0.39, 0.29) is 30.2 Å². The summed E-state index contributed by atoms with van der Waals surface area (Å²) in [5.41, 5.74) is 2.52. The van der Waals surface area contributed by atoms with E-state index in [1.165, 1.54) is 11.8 Å². The van der Waals surface area contributed by atoms with Crippen LogP contribution in [0.15, 0.2) is 72.8 Å². The number of hydrogen-bond acceptors (Lipinski definition) is 3. The van der Waals surface area contributed by atoms with Gasteiger partial charge >= 0.3 is 0 Å². The van der Waals surface area contributed by atoms with Gasteiger partial charge in [0.05, 0.1) is 5.75 Å². The second kappa shape index (κ2) is 13.9. The molecule has 0 radical (unpaired) electrons. The van der Waals surface area contributed by atoms with E-state index in [1.54, 1.807) is 23.1 Å². The molecule has 0 saturated carbocycles. The minimum atomic E-state index is -0.740. The van der Waals surface area contributed by atoms with Crippen LogP contribution in [0.3, 0.4) is 0 Å². The van der Waals surface area contributed by atoms with Crippen LogP contribution in [-0.2, 0) is 28.3 Å². The van der Waals surface area contributed by atoms with Gasteiger partial charge in [-0.2, -0.15) is 0 Å². The fourth-order valence-corrected chi connectivity index (χ4v) is 5.45. The highest BCUT2D eigenvalue weighted by atomic mass is 35.5. The van der Waals surface area contributed by atoms with Crippen LogP contribution >= 0.6 is 46.6 Å². The Labute approximate surface area is 232 Å². The predicted molar refractivity (Wildman–Crippen MR) is 152 cm³/mol. The third-order valence-electron chi connectivity index (χ3n) is 5.53. The van der Waals surface area contributed by atoms with Crippen molar-refractivity contribution in [2.45, 2.75) is 44.6 Å². The highest BCUT2D eigenvalue weighted by Gasteiger charge is 2.31. The number of amides is 2. The SMILES string of the molecule is CC(C)NC(=O)[C@H](Cc1ccccc1)N(Cc1c(Cl)cccc1Cl)C(=O)CSCc1ccccc1Cl. The molecule has 1 N–H and O–H groups in total. The van der Waals surface area contributed by atoms with Crippen LogP contribution in [0.5, 0.6) is 0 Å². The van der Waals surface area contributed by atoms with Crippen LogP contribution in [0.4, 0.5) is 0 Å². The molecule has 190 valence electrons. The van der Waals surface area contributed by atoms with Gasteiger partial charge in [-0.3, -0.25) is 9.59 Å². The normalized spacial score (nSPS) is 11.8. The number of hydrogen-bond donors (Lipinski definition) is 1. The molecule has 0 aliphatic carbocycles. The molecule has 0 aliphatic rings. The zero-order valence-electron chi connectivity index (χ0n) is 20.2. The molecule has 0 fully saturated rings. The molecular formula is C28H29Cl3N2O2S. The van der Waals surface area contributed by atoms with Crippen molar-refractivity contribution >= 4 is 58.4 Å². The molecular weight excluding hydrogens is 535 g/mol. The summed E-state index contributed by atoms with van der Waals surface area (Å²) >= 11 is 20.7. The zero-order chi connectivity index (χ0) is 26.1. The molecule has 0 aromatic heterocycles. The lowest BCUT2D eigenvalue weighted by molar-refractivity contribution is -0.139. The predicted octanol–water partition coefficient (Wildman–Crippen LogP) is 7.04. The van der Waals surface area contributed by atoms with E-state index >= 15 is 0 Å². The maximum absolute atomic E-state index is 13.7. The fraction of sp³-hybridized carbons (Fsp3) is 0.286. The lowest BCUT2D eigenvalue weighted by atomic mass is 10.0. The van der Waals surface area contributed by atoms with Crippen molar-refractivity contribution in [1.29, 1.82) is 0 Å². The summed E-state index contributed by atoms with van der Waals surface area (Å²) in [5.74, 6) is 0.352. The number of thioether (sulfide) groups is 1. The van der Waals surface area contributed by atoms with Crippen LogP contribution in [0.25, 0.3) is 0 Å². The smallest absolute Gasteiger partial charge is 0.243 e. The van der Waals surface area contributed by atoms with E-state index < -0.39 is 6.04 Å². The van der Waals surface area contributed by atoms with Crippen molar-refractivity contribution < 1.29 is 9.59 Å². The van der Waals surface area contributed by atoms with Crippen molar-refractivity contribution in [1.82, 2.24) is 10.2 Å². The molecule has 36 heavy (non-hydrogen) atoms. The first kappa shape index (κ1) is 28.4. The Bertz CT molecular complexity index is 1150. The maximum Gasteiger partial charge on any atom is 0.243 e. The van der Waals surface area contributed by atoms with Crippen molar-refractivity contribution in [3.8, 4) is 0 Å². The highest BCUT2D eigenvalue weighted by Crippen LogP contribution is 2.28. The van der Waals surface area contributed by atoms with Crippen molar-refractivity contribution in [3.63, 3.8) is 0 Å². The van der Waals surface area contributed by atoms with Crippen LogP contribution in [-0.4, -0.2) is 34.6 Å². The van der Waals surface area contributed by atoms with Crippen LogP contribution in [0, 0.1) is 0 Å². The van der Waals surface area contributed by atoms with Crippen LogP contribution in [0.2, 0.25) is 15.1 Å². The first-order valence-electron chi connectivity index (χ1n) is 11.6. The fourth-order valence-electron chi connectivity index (χ4n) is 3.74. The van der Waals surface area contributed by atoms with Gasteiger partial charge in [0.25, 0.3) is 0 Å².